The number of benzene rings is 3. The van der Waals surface area contributed by atoms with E-state index in [4.69, 9.17) is 9.40 Å². The number of para-hydroxylation sites is 2. The monoisotopic (exact) mass is 469 g/mol. The Morgan fingerprint density at radius 3 is 2.47 bits per heavy atom. The van der Waals surface area contributed by atoms with E-state index in [2.05, 4.69) is 5.32 Å². The lowest BCUT2D eigenvalue weighted by molar-refractivity contribution is -0.113. The Morgan fingerprint density at radius 2 is 1.71 bits per heavy atom. The molecule has 34 heavy (non-hydrogen) atoms. The summed E-state index contributed by atoms with van der Waals surface area (Å²) in [6.45, 7) is 5.91. The number of fused-ring (bicyclic) bond motifs is 3. The third kappa shape index (κ3) is 4.10. The van der Waals surface area contributed by atoms with Crippen molar-refractivity contribution < 1.29 is 9.21 Å². The largest absolute Gasteiger partial charge is 0.448 e. The average Bonchev–Trinajstić information content (AvgIpc) is 3.18. The van der Waals surface area contributed by atoms with Gasteiger partial charge in [0.05, 0.1) is 11.4 Å². The third-order valence-corrected chi connectivity index (χ3v) is 6.52. The number of hydrogen-bond acceptors (Lipinski definition) is 5. The van der Waals surface area contributed by atoms with E-state index < -0.39 is 0 Å². The third-order valence-electron chi connectivity index (χ3n) is 5.58. The SMILES string of the molecule is Cc1cc(C)cc(-n2c(SCC(=O)Nc3ccccc3C)nc3c(oc4ccccc43)c2=O)c1. The highest BCUT2D eigenvalue weighted by molar-refractivity contribution is 7.99. The number of nitrogens with zero attached hydrogens (tertiary/aromatic N) is 2. The van der Waals surface area contributed by atoms with Crippen LogP contribution in [0.5, 0.6) is 0 Å². The Kier molecular flexibility index (Phi) is 5.71. The van der Waals surface area contributed by atoms with Crippen molar-refractivity contribution in [2.75, 3.05) is 11.1 Å². The van der Waals surface area contributed by atoms with Gasteiger partial charge < -0.3 is 9.73 Å². The van der Waals surface area contributed by atoms with Crippen LogP contribution >= 0.6 is 11.8 Å². The number of anilines is 1. The average molecular weight is 470 g/mol. The van der Waals surface area contributed by atoms with Gasteiger partial charge >= 0.3 is 5.56 Å². The summed E-state index contributed by atoms with van der Waals surface area (Å²) in [7, 11) is 0. The number of hydrogen-bond donors (Lipinski definition) is 1. The maximum atomic E-state index is 13.6. The molecule has 2 heterocycles. The predicted molar refractivity (Wildman–Crippen MR) is 137 cm³/mol. The van der Waals surface area contributed by atoms with E-state index in [1.165, 1.54) is 16.3 Å². The number of rotatable bonds is 5. The smallest absolute Gasteiger partial charge is 0.302 e. The molecule has 0 saturated heterocycles. The van der Waals surface area contributed by atoms with Crippen molar-refractivity contribution >= 4 is 45.4 Å². The summed E-state index contributed by atoms with van der Waals surface area (Å²) in [4.78, 5) is 31.2. The van der Waals surface area contributed by atoms with E-state index in [1.807, 2.05) is 87.5 Å². The highest BCUT2D eigenvalue weighted by atomic mass is 32.2. The molecule has 1 N–H and O–H groups in total. The van der Waals surface area contributed by atoms with Crippen LogP contribution in [0.3, 0.4) is 0 Å². The molecule has 0 fully saturated rings. The van der Waals surface area contributed by atoms with Crippen LogP contribution in [0.25, 0.3) is 27.8 Å². The van der Waals surface area contributed by atoms with Gasteiger partial charge in [0.1, 0.15) is 11.1 Å². The summed E-state index contributed by atoms with van der Waals surface area (Å²) in [5, 5.41) is 4.15. The molecular formula is C27H23N3O3S. The van der Waals surface area contributed by atoms with Crippen molar-refractivity contribution in [1.82, 2.24) is 9.55 Å². The van der Waals surface area contributed by atoms with E-state index in [1.54, 1.807) is 0 Å². The fourth-order valence-electron chi connectivity index (χ4n) is 4.06. The lowest BCUT2D eigenvalue weighted by Crippen LogP contribution is -2.22. The van der Waals surface area contributed by atoms with Gasteiger partial charge in [-0.15, -0.1) is 0 Å². The zero-order valence-electron chi connectivity index (χ0n) is 19.1. The molecular weight excluding hydrogens is 446 g/mol. The second-order valence-electron chi connectivity index (χ2n) is 8.31. The quantitative estimate of drug-likeness (QED) is 0.260. The molecule has 1 amide bonds. The van der Waals surface area contributed by atoms with Gasteiger partial charge in [-0.2, -0.15) is 0 Å². The molecule has 0 aliphatic carbocycles. The molecule has 0 atom stereocenters. The lowest BCUT2D eigenvalue weighted by atomic mass is 10.1. The van der Waals surface area contributed by atoms with Crippen molar-refractivity contribution in [3.05, 3.63) is 93.8 Å². The van der Waals surface area contributed by atoms with Gasteiger partial charge in [-0.3, -0.25) is 14.2 Å². The minimum Gasteiger partial charge on any atom is -0.448 e. The van der Waals surface area contributed by atoms with Crippen LogP contribution in [0.4, 0.5) is 5.69 Å². The van der Waals surface area contributed by atoms with E-state index in [9.17, 15) is 9.59 Å². The van der Waals surface area contributed by atoms with Gasteiger partial charge in [0.25, 0.3) is 0 Å². The van der Waals surface area contributed by atoms with Crippen LogP contribution in [0.2, 0.25) is 0 Å². The first-order chi connectivity index (χ1) is 16.4. The minimum absolute atomic E-state index is 0.104. The van der Waals surface area contributed by atoms with Crippen LogP contribution in [0, 0.1) is 20.8 Å². The van der Waals surface area contributed by atoms with Crippen LogP contribution in [-0.4, -0.2) is 21.2 Å². The van der Waals surface area contributed by atoms with E-state index in [-0.39, 0.29) is 22.8 Å². The zero-order chi connectivity index (χ0) is 23.8. The number of thioether (sulfide) groups is 1. The summed E-state index contributed by atoms with van der Waals surface area (Å²) in [6.07, 6.45) is 0. The normalized spacial score (nSPS) is 11.3. The number of carbonyl (C=O) groups is 1. The van der Waals surface area contributed by atoms with Gasteiger partial charge in [-0.1, -0.05) is 48.2 Å². The summed E-state index contributed by atoms with van der Waals surface area (Å²) >= 11 is 1.23. The maximum absolute atomic E-state index is 13.6. The van der Waals surface area contributed by atoms with Crippen molar-refractivity contribution in [3.63, 3.8) is 0 Å². The highest BCUT2D eigenvalue weighted by Gasteiger charge is 2.20. The van der Waals surface area contributed by atoms with Crippen molar-refractivity contribution in [2.24, 2.45) is 0 Å². The van der Waals surface area contributed by atoms with E-state index >= 15 is 0 Å². The standard InChI is InChI=1S/C27H23N3O3S/c1-16-12-17(2)14-19(13-16)30-26(32)25-24(20-9-5-7-11-22(20)33-25)29-27(30)34-15-23(31)28-21-10-6-4-8-18(21)3/h4-14H,15H2,1-3H3,(H,28,31). The van der Waals surface area contributed by atoms with Crippen LogP contribution in [0.1, 0.15) is 16.7 Å². The number of amides is 1. The lowest BCUT2D eigenvalue weighted by Gasteiger charge is -2.13. The number of furan rings is 1. The number of aromatic nitrogens is 2. The summed E-state index contributed by atoms with van der Waals surface area (Å²) in [5.41, 5.74) is 5.51. The molecule has 0 aliphatic heterocycles. The molecule has 0 unspecified atom stereocenters. The molecule has 3 aromatic carbocycles. The molecule has 7 heteroatoms. The predicted octanol–water partition coefficient (Wildman–Crippen LogP) is 5.79. The number of aryl methyl sites for hydroxylation is 3. The van der Waals surface area contributed by atoms with Gasteiger partial charge in [0.2, 0.25) is 11.5 Å². The molecule has 170 valence electrons. The summed E-state index contributed by atoms with van der Waals surface area (Å²) in [6, 6.07) is 21.0. The summed E-state index contributed by atoms with van der Waals surface area (Å²) < 4.78 is 7.43. The Labute approximate surface area is 200 Å². The van der Waals surface area contributed by atoms with Gasteiger partial charge in [-0.05, 0) is 67.8 Å². The zero-order valence-corrected chi connectivity index (χ0v) is 19.9. The van der Waals surface area contributed by atoms with Crippen molar-refractivity contribution in [2.45, 2.75) is 25.9 Å². The van der Waals surface area contributed by atoms with Gasteiger partial charge in [-0.25, -0.2) is 4.98 Å². The second-order valence-corrected chi connectivity index (χ2v) is 9.25. The molecule has 5 aromatic rings. The van der Waals surface area contributed by atoms with Gasteiger partial charge in [0, 0.05) is 11.1 Å². The first-order valence-electron chi connectivity index (χ1n) is 10.9. The molecule has 0 spiro atoms. The van der Waals surface area contributed by atoms with Crippen LogP contribution in [-0.2, 0) is 4.79 Å². The fourth-order valence-corrected chi connectivity index (χ4v) is 4.86. The molecule has 6 nitrogen and oxygen atoms in total. The Hall–Kier alpha value is -3.84. The second kappa shape index (κ2) is 8.83. The molecule has 5 rings (SSSR count). The Bertz CT molecular complexity index is 1600. The van der Waals surface area contributed by atoms with E-state index in [0.29, 0.717) is 21.9 Å². The Morgan fingerprint density at radius 1 is 1.00 bits per heavy atom. The Balaban J connectivity index is 1.60. The fraction of sp³-hybridized carbons (Fsp3) is 0.148. The number of nitrogens with one attached hydrogen (secondary N) is 1. The molecule has 2 aromatic heterocycles. The maximum Gasteiger partial charge on any atom is 0.302 e. The topological polar surface area (TPSA) is 77.1 Å². The van der Waals surface area contributed by atoms with Crippen molar-refractivity contribution in [3.8, 4) is 5.69 Å². The molecule has 0 saturated carbocycles. The first kappa shape index (κ1) is 22.0. The first-order valence-corrected chi connectivity index (χ1v) is 11.9. The van der Waals surface area contributed by atoms with Crippen LogP contribution < -0.4 is 10.9 Å². The summed E-state index contributed by atoms with van der Waals surface area (Å²) in [5.74, 6) is -0.0648. The van der Waals surface area contributed by atoms with Crippen molar-refractivity contribution in [1.29, 1.82) is 0 Å². The molecule has 0 bridgehead atoms. The molecule has 0 aliphatic rings. The van der Waals surface area contributed by atoms with E-state index in [0.717, 1.165) is 27.8 Å². The molecule has 0 radical (unpaired) electrons. The minimum atomic E-state index is -0.298. The van der Waals surface area contributed by atoms with Gasteiger partial charge in [0.15, 0.2) is 5.16 Å². The van der Waals surface area contributed by atoms with Crippen LogP contribution in [0.15, 0.2) is 81.1 Å². The number of carbonyl (C=O) groups excluding carboxylic acids is 1. The highest BCUT2D eigenvalue weighted by Crippen LogP contribution is 2.29.